The van der Waals surface area contributed by atoms with Crippen LogP contribution in [0.1, 0.15) is 29.6 Å². The standard InChI is InChI=1S/C18H14N3.C17H15N3.C7H16O3.CH4.ClH.H2/c1-3-8-15(9-4-1)20-14-21(16-10-5-2-6-11-16)18-17(20)12-7-13-19-18;1-3-8-14(9-4-1)19-16-12-7-13-18-17(16)20-15-10-5-2-6-11-15;1-4-8-7(9-5-2)10-6-3;;;/h1-14H;1-13,19H,(H,18,20);7H,4-6H2,1-3H3;1H4;2*1H/q+1;;;;;/p-1/i;;;;;1+1. The van der Waals surface area contributed by atoms with Crippen LogP contribution in [0.3, 0.4) is 0 Å². The zero-order valence-electron chi connectivity index (χ0n) is 29.7. The Balaban J connectivity index is 0.000000289. The van der Waals surface area contributed by atoms with E-state index in [9.17, 15) is 0 Å². The number of fused-ring (bicyclic) bond motifs is 1. The number of aromatic nitrogens is 4. The summed E-state index contributed by atoms with van der Waals surface area (Å²) in [5, 5.41) is 6.69. The molecule has 53 heavy (non-hydrogen) atoms. The van der Waals surface area contributed by atoms with Gasteiger partial charge in [-0.1, -0.05) is 80.2 Å². The molecule has 0 radical (unpaired) electrons. The molecule has 7 aromatic rings. The first-order valence-electron chi connectivity index (χ1n) is 17.1. The van der Waals surface area contributed by atoms with Gasteiger partial charge in [0.2, 0.25) is 6.33 Å². The summed E-state index contributed by atoms with van der Waals surface area (Å²) in [5.41, 5.74) is 7.28. The molecule has 2 N–H and O–H groups in total. The van der Waals surface area contributed by atoms with Gasteiger partial charge in [0.1, 0.15) is 17.6 Å². The van der Waals surface area contributed by atoms with Gasteiger partial charge in [0.15, 0.2) is 11.3 Å². The number of ether oxygens (including phenoxy) is 3. The number of imidazole rings is 1. The van der Waals surface area contributed by atoms with Crippen LogP contribution in [0.25, 0.3) is 22.5 Å². The van der Waals surface area contributed by atoms with E-state index in [0.717, 1.165) is 45.4 Å². The van der Waals surface area contributed by atoms with Crippen molar-refractivity contribution in [1.82, 2.24) is 14.5 Å². The van der Waals surface area contributed by atoms with Crippen LogP contribution < -0.4 is 27.6 Å². The van der Waals surface area contributed by atoms with E-state index >= 15 is 0 Å². The van der Waals surface area contributed by atoms with E-state index in [2.05, 4.69) is 66.4 Å². The SMILES string of the molecule is C.CCOC(OCC)OCC.[2HH].[Cl-].c1ccc(-n2c[n+](-c3ccccc3)c3ncccc32)cc1.c1ccc(Nc2cccnc2Nc2ccccc2)cc1. The van der Waals surface area contributed by atoms with Gasteiger partial charge in [0.25, 0.3) is 6.48 Å². The average Bonchev–Trinajstić information content (AvgIpc) is 3.58. The lowest BCUT2D eigenvalue weighted by molar-refractivity contribution is -0.570. The summed E-state index contributed by atoms with van der Waals surface area (Å²) < 4.78 is 19.5. The molecule has 0 aliphatic rings. The molecule has 0 fully saturated rings. The Morgan fingerprint density at radius 3 is 1.66 bits per heavy atom. The molecular weight excluding hydrogens is 684 g/mol. The van der Waals surface area contributed by atoms with E-state index in [0.29, 0.717) is 19.8 Å². The lowest BCUT2D eigenvalue weighted by Gasteiger charge is -2.15. The molecule has 0 spiro atoms. The second-order valence-electron chi connectivity index (χ2n) is 10.9. The van der Waals surface area contributed by atoms with Gasteiger partial charge >= 0.3 is 5.65 Å². The maximum atomic E-state index is 5.08. The number of pyridine rings is 2. The fourth-order valence-corrected chi connectivity index (χ4v) is 5.06. The Morgan fingerprint density at radius 1 is 0.604 bits per heavy atom. The number of halogens is 1. The molecule has 0 saturated carbocycles. The Kier molecular flexibility index (Phi) is 18.2. The fourth-order valence-electron chi connectivity index (χ4n) is 5.06. The third-order valence-electron chi connectivity index (χ3n) is 7.36. The first-order valence-corrected chi connectivity index (χ1v) is 17.1. The number of nitrogens with zero attached hydrogens (tertiary/aromatic N) is 4. The van der Waals surface area contributed by atoms with Crippen LogP contribution in [0, 0.1) is 0 Å². The third kappa shape index (κ3) is 12.6. The van der Waals surface area contributed by atoms with E-state index < -0.39 is 6.48 Å². The van der Waals surface area contributed by atoms with Gasteiger partial charge in [-0.15, -0.1) is 4.98 Å². The molecule has 278 valence electrons. The lowest BCUT2D eigenvalue weighted by atomic mass is 10.3. The van der Waals surface area contributed by atoms with Gasteiger partial charge in [0, 0.05) is 38.8 Å². The highest BCUT2D eigenvalue weighted by Crippen LogP contribution is 2.25. The normalized spacial score (nSPS) is 10.1. The van der Waals surface area contributed by atoms with Gasteiger partial charge in [-0.25, -0.2) is 9.55 Å². The first kappa shape index (κ1) is 41.8. The second-order valence-corrected chi connectivity index (χ2v) is 10.9. The molecular formula is C43H51ClN6O3. The average molecular weight is 736 g/mol. The molecule has 0 aliphatic carbocycles. The Bertz CT molecular complexity index is 1860. The van der Waals surface area contributed by atoms with Crippen LogP contribution in [0.15, 0.2) is 164 Å². The molecule has 0 atom stereocenters. The number of para-hydroxylation sites is 4. The first-order chi connectivity index (χ1) is 25.2. The smallest absolute Gasteiger partial charge is 0.307 e. The summed E-state index contributed by atoms with van der Waals surface area (Å²) in [6, 6.07) is 48.6. The molecule has 10 heteroatoms. The molecule has 3 heterocycles. The third-order valence-corrected chi connectivity index (χ3v) is 7.36. The number of rotatable bonds is 12. The van der Waals surface area contributed by atoms with E-state index in [1.54, 1.807) is 6.20 Å². The van der Waals surface area contributed by atoms with Crippen molar-refractivity contribution in [2.45, 2.75) is 34.7 Å². The summed E-state index contributed by atoms with van der Waals surface area (Å²) in [4.78, 5) is 8.94. The van der Waals surface area contributed by atoms with Gasteiger partial charge in [0.05, 0.1) is 5.69 Å². The van der Waals surface area contributed by atoms with Gasteiger partial charge in [-0.2, -0.15) is 4.57 Å². The second kappa shape index (κ2) is 23.1. The minimum absolute atomic E-state index is 0. The van der Waals surface area contributed by atoms with Crippen molar-refractivity contribution < 1.29 is 32.6 Å². The molecule has 0 amide bonds. The van der Waals surface area contributed by atoms with Gasteiger partial charge in [-0.3, -0.25) is 0 Å². The zero-order chi connectivity index (χ0) is 35.5. The number of hydrogen-bond acceptors (Lipinski definition) is 7. The minimum atomic E-state index is -0.472. The van der Waals surface area contributed by atoms with Crippen molar-refractivity contribution in [3.05, 3.63) is 164 Å². The molecule has 7 rings (SSSR count). The highest BCUT2D eigenvalue weighted by atomic mass is 35.5. The molecule has 3 aromatic heterocycles. The van der Waals surface area contributed by atoms with Crippen molar-refractivity contribution >= 4 is 34.0 Å². The summed E-state index contributed by atoms with van der Waals surface area (Å²) in [6.07, 6.45) is 5.70. The zero-order valence-corrected chi connectivity index (χ0v) is 30.4. The van der Waals surface area contributed by atoms with Crippen LogP contribution in [0.4, 0.5) is 22.9 Å². The number of benzene rings is 4. The Morgan fingerprint density at radius 2 is 1.09 bits per heavy atom. The van der Waals surface area contributed by atoms with Gasteiger partial charge < -0.3 is 37.3 Å². The molecule has 9 nitrogen and oxygen atoms in total. The number of nitrogens with one attached hydrogen (secondary N) is 2. The molecule has 4 aromatic carbocycles. The van der Waals surface area contributed by atoms with Crippen molar-refractivity contribution in [3.63, 3.8) is 0 Å². The molecule has 0 saturated heterocycles. The van der Waals surface area contributed by atoms with E-state index in [1.807, 2.05) is 142 Å². The Labute approximate surface area is 321 Å². The quantitative estimate of drug-likeness (QED) is 0.102. The van der Waals surface area contributed by atoms with Crippen LogP contribution in [0.2, 0.25) is 0 Å². The molecule has 0 bridgehead atoms. The van der Waals surface area contributed by atoms with Crippen molar-refractivity contribution in [3.8, 4) is 11.4 Å². The van der Waals surface area contributed by atoms with Crippen molar-refractivity contribution in [1.29, 1.82) is 0 Å². The van der Waals surface area contributed by atoms with E-state index in [4.69, 9.17) is 14.2 Å². The monoisotopic (exact) mass is 735 g/mol. The van der Waals surface area contributed by atoms with Crippen LogP contribution >= 0.6 is 0 Å². The predicted octanol–water partition coefficient (Wildman–Crippen LogP) is 7.14. The minimum Gasteiger partial charge on any atom is -1.00 e. The van der Waals surface area contributed by atoms with Crippen LogP contribution in [-0.4, -0.2) is 40.8 Å². The van der Waals surface area contributed by atoms with Crippen molar-refractivity contribution in [2.75, 3.05) is 30.5 Å². The molecule has 0 aliphatic heterocycles. The fraction of sp³-hybridized carbons (Fsp3) is 0.186. The summed E-state index contributed by atoms with van der Waals surface area (Å²) >= 11 is 0. The highest BCUT2D eigenvalue weighted by molar-refractivity contribution is 5.75. The maximum absolute atomic E-state index is 5.08. The predicted molar refractivity (Wildman–Crippen MR) is 214 cm³/mol. The molecule has 0 unspecified atom stereocenters. The number of anilines is 4. The number of hydrogen-bond donors (Lipinski definition) is 2. The van der Waals surface area contributed by atoms with Gasteiger partial charge in [-0.05, 0) is 93.6 Å². The summed E-state index contributed by atoms with van der Waals surface area (Å²) in [7, 11) is 0. The van der Waals surface area contributed by atoms with Crippen LogP contribution in [-0.2, 0) is 14.2 Å². The van der Waals surface area contributed by atoms with Crippen LogP contribution in [0.5, 0.6) is 0 Å². The largest absolute Gasteiger partial charge is 1.00 e. The Hall–Kier alpha value is -5.58. The highest BCUT2D eigenvalue weighted by Gasteiger charge is 2.18. The van der Waals surface area contributed by atoms with E-state index in [-0.39, 0.29) is 21.3 Å². The topological polar surface area (TPSA) is 86.3 Å². The van der Waals surface area contributed by atoms with Crippen molar-refractivity contribution in [2.24, 2.45) is 0 Å². The summed E-state index contributed by atoms with van der Waals surface area (Å²) in [5.74, 6) is 0.808. The lowest BCUT2D eigenvalue weighted by Crippen LogP contribution is -3.00. The van der Waals surface area contributed by atoms with E-state index in [1.165, 1.54) is 0 Å². The maximum Gasteiger partial charge on any atom is 0.307 e. The summed E-state index contributed by atoms with van der Waals surface area (Å²) in [6.45, 7) is 7.10.